The largest absolute Gasteiger partial charge is 0.508 e. The van der Waals surface area contributed by atoms with Gasteiger partial charge in [0.1, 0.15) is 11.5 Å². The zero-order valence-electron chi connectivity index (χ0n) is 9.34. The van der Waals surface area contributed by atoms with Crippen LogP contribution in [0, 0.1) is 10.1 Å². The van der Waals surface area contributed by atoms with E-state index in [1.54, 1.807) is 0 Å². The summed E-state index contributed by atoms with van der Waals surface area (Å²) in [4.78, 5) is 10.0. The summed E-state index contributed by atoms with van der Waals surface area (Å²) >= 11 is 11.8. The van der Waals surface area contributed by atoms with E-state index in [1.807, 2.05) is 0 Å². The van der Waals surface area contributed by atoms with Gasteiger partial charge in [-0.2, -0.15) is 0 Å². The van der Waals surface area contributed by atoms with Gasteiger partial charge in [0.05, 0.1) is 15.0 Å². The smallest absolute Gasteiger partial charge is 0.272 e. The molecule has 2 aromatic carbocycles. The quantitative estimate of drug-likeness (QED) is 0.673. The number of halogens is 2. The van der Waals surface area contributed by atoms with E-state index in [-0.39, 0.29) is 27.2 Å². The van der Waals surface area contributed by atoms with E-state index in [0.29, 0.717) is 5.75 Å². The fourth-order valence-electron chi connectivity index (χ4n) is 1.38. The molecule has 0 aliphatic carbocycles. The number of non-ortho nitro benzene ring substituents is 1. The minimum Gasteiger partial charge on any atom is -0.508 e. The van der Waals surface area contributed by atoms with Crippen LogP contribution in [0.15, 0.2) is 36.4 Å². The summed E-state index contributed by atoms with van der Waals surface area (Å²) in [5.41, 5.74) is -0.215. The first-order chi connectivity index (χ1) is 8.97. The van der Waals surface area contributed by atoms with Crippen LogP contribution in [0.25, 0.3) is 0 Å². The zero-order chi connectivity index (χ0) is 14.0. The van der Waals surface area contributed by atoms with Gasteiger partial charge in [0.2, 0.25) is 0 Å². The van der Waals surface area contributed by atoms with Crippen molar-refractivity contribution in [1.29, 1.82) is 0 Å². The molecule has 0 saturated carbocycles. The molecule has 1 N–H and O–H groups in total. The molecule has 2 aromatic rings. The van der Waals surface area contributed by atoms with E-state index in [9.17, 15) is 10.1 Å². The molecule has 0 radical (unpaired) electrons. The maximum atomic E-state index is 10.6. The van der Waals surface area contributed by atoms with Gasteiger partial charge in [0.15, 0.2) is 5.75 Å². The Labute approximate surface area is 118 Å². The van der Waals surface area contributed by atoms with E-state index >= 15 is 0 Å². The molecule has 0 amide bonds. The van der Waals surface area contributed by atoms with Crippen LogP contribution in [-0.4, -0.2) is 10.0 Å². The topological polar surface area (TPSA) is 72.6 Å². The van der Waals surface area contributed by atoms with E-state index in [2.05, 4.69) is 0 Å². The molecule has 7 heteroatoms. The first-order valence-corrected chi connectivity index (χ1v) is 5.83. The third-order valence-corrected chi connectivity index (χ3v) is 2.81. The fraction of sp³-hybridized carbons (Fsp3) is 0. The summed E-state index contributed by atoms with van der Waals surface area (Å²) in [6.07, 6.45) is 0. The molecule has 0 fully saturated rings. The Morgan fingerprint density at radius 2 is 1.63 bits per heavy atom. The minimum atomic E-state index is -0.595. The van der Waals surface area contributed by atoms with Crippen LogP contribution in [0.4, 0.5) is 5.69 Å². The lowest BCUT2D eigenvalue weighted by Crippen LogP contribution is -1.91. The Hall–Kier alpha value is -1.98. The lowest BCUT2D eigenvalue weighted by Gasteiger charge is -2.09. The van der Waals surface area contributed by atoms with Gasteiger partial charge in [-0.3, -0.25) is 10.1 Å². The molecule has 0 aliphatic heterocycles. The average molecular weight is 300 g/mol. The molecule has 5 nitrogen and oxygen atoms in total. The van der Waals surface area contributed by atoms with Crippen LogP contribution in [0.5, 0.6) is 17.2 Å². The Morgan fingerprint density at radius 1 is 1.11 bits per heavy atom. The summed E-state index contributed by atoms with van der Waals surface area (Å²) in [7, 11) is 0. The SMILES string of the molecule is O=[N+]([O-])c1cc(Cl)c(Oc2ccc(O)cc2)c(Cl)c1. The summed E-state index contributed by atoms with van der Waals surface area (Å²) in [6, 6.07) is 8.21. The number of nitrogens with zero attached hydrogens (tertiary/aromatic N) is 1. The predicted octanol–water partition coefficient (Wildman–Crippen LogP) is 4.40. The highest BCUT2D eigenvalue weighted by molar-refractivity contribution is 6.37. The Bertz CT molecular complexity index is 605. The number of phenolic OH excluding ortho intramolecular Hbond substituents is 1. The maximum Gasteiger partial charge on any atom is 0.272 e. The van der Waals surface area contributed by atoms with E-state index in [0.717, 1.165) is 12.1 Å². The zero-order valence-corrected chi connectivity index (χ0v) is 10.9. The number of hydrogen-bond donors (Lipinski definition) is 1. The highest BCUT2D eigenvalue weighted by Gasteiger charge is 2.16. The number of aromatic hydroxyl groups is 1. The molecular formula is C12H7Cl2NO4. The summed E-state index contributed by atoms with van der Waals surface area (Å²) < 4.78 is 5.43. The monoisotopic (exact) mass is 299 g/mol. The second-order valence-corrected chi connectivity index (χ2v) is 4.41. The van der Waals surface area contributed by atoms with Gasteiger partial charge >= 0.3 is 0 Å². The van der Waals surface area contributed by atoms with Crippen molar-refractivity contribution < 1.29 is 14.8 Å². The molecule has 0 bridgehead atoms. The predicted molar refractivity (Wildman–Crippen MR) is 71.3 cm³/mol. The van der Waals surface area contributed by atoms with E-state index < -0.39 is 4.92 Å². The summed E-state index contributed by atoms with van der Waals surface area (Å²) in [5, 5.41) is 19.8. The third kappa shape index (κ3) is 3.07. The first kappa shape index (κ1) is 13.5. The Morgan fingerprint density at radius 3 is 2.11 bits per heavy atom. The summed E-state index contributed by atoms with van der Waals surface area (Å²) in [6.45, 7) is 0. The number of phenols is 1. The molecule has 0 atom stereocenters. The van der Waals surface area contributed by atoms with Crippen molar-refractivity contribution in [2.24, 2.45) is 0 Å². The van der Waals surface area contributed by atoms with Crippen LogP contribution in [0.1, 0.15) is 0 Å². The Kier molecular flexibility index (Phi) is 3.78. The normalized spacial score (nSPS) is 10.2. The van der Waals surface area contributed by atoms with Gasteiger partial charge in [0.25, 0.3) is 5.69 Å². The molecule has 0 unspecified atom stereocenters. The van der Waals surface area contributed by atoms with Gasteiger partial charge in [-0.25, -0.2) is 0 Å². The van der Waals surface area contributed by atoms with Crippen molar-refractivity contribution >= 4 is 28.9 Å². The van der Waals surface area contributed by atoms with Crippen molar-refractivity contribution in [1.82, 2.24) is 0 Å². The maximum absolute atomic E-state index is 10.6. The highest BCUT2D eigenvalue weighted by Crippen LogP contribution is 2.39. The van der Waals surface area contributed by atoms with Gasteiger partial charge < -0.3 is 9.84 Å². The standard InChI is InChI=1S/C12H7Cl2NO4/c13-10-5-7(15(17)18)6-11(14)12(10)19-9-3-1-8(16)2-4-9/h1-6,16H. The minimum absolute atomic E-state index is 0.0345. The van der Waals surface area contributed by atoms with Crippen molar-refractivity contribution in [3.8, 4) is 17.2 Å². The number of rotatable bonds is 3. The number of hydrogen-bond acceptors (Lipinski definition) is 4. The first-order valence-electron chi connectivity index (χ1n) is 5.07. The molecule has 19 heavy (non-hydrogen) atoms. The average Bonchev–Trinajstić information content (AvgIpc) is 2.35. The van der Waals surface area contributed by atoms with Crippen molar-refractivity contribution in [3.05, 3.63) is 56.6 Å². The summed E-state index contributed by atoms with van der Waals surface area (Å²) in [5.74, 6) is 0.614. The number of nitro groups is 1. The second-order valence-electron chi connectivity index (χ2n) is 3.59. The van der Waals surface area contributed by atoms with Crippen LogP contribution in [-0.2, 0) is 0 Å². The van der Waals surface area contributed by atoms with E-state index in [4.69, 9.17) is 33.0 Å². The molecule has 0 saturated heterocycles. The van der Waals surface area contributed by atoms with Crippen molar-refractivity contribution in [2.75, 3.05) is 0 Å². The molecule has 0 heterocycles. The molecular weight excluding hydrogens is 293 g/mol. The van der Waals surface area contributed by atoms with Crippen molar-refractivity contribution in [2.45, 2.75) is 0 Å². The van der Waals surface area contributed by atoms with Gasteiger partial charge in [-0.05, 0) is 24.3 Å². The van der Waals surface area contributed by atoms with Crippen LogP contribution in [0.3, 0.4) is 0 Å². The second kappa shape index (κ2) is 5.34. The molecule has 0 aromatic heterocycles. The van der Waals surface area contributed by atoms with Gasteiger partial charge in [0, 0.05) is 12.1 Å². The van der Waals surface area contributed by atoms with Gasteiger partial charge in [-0.1, -0.05) is 23.2 Å². The molecule has 98 valence electrons. The molecule has 0 aliphatic rings. The van der Waals surface area contributed by atoms with Crippen LogP contribution >= 0.6 is 23.2 Å². The van der Waals surface area contributed by atoms with Crippen LogP contribution < -0.4 is 4.74 Å². The lowest BCUT2D eigenvalue weighted by atomic mass is 10.3. The third-order valence-electron chi connectivity index (χ3n) is 2.25. The molecule has 0 spiro atoms. The van der Waals surface area contributed by atoms with E-state index in [1.165, 1.54) is 24.3 Å². The van der Waals surface area contributed by atoms with Crippen molar-refractivity contribution in [3.63, 3.8) is 0 Å². The number of benzene rings is 2. The van der Waals surface area contributed by atoms with Crippen LogP contribution in [0.2, 0.25) is 10.0 Å². The highest BCUT2D eigenvalue weighted by atomic mass is 35.5. The Balaban J connectivity index is 2.35. The lowest BCUT2D eigenvalue weighted by molar-refractivity contribution is -0.384. The number of nitro benzene ring substituents is 1. The van der Waals surface area contributed by atoms with Gasteiger partial charge in [-0.15, -0.1) is 0 Å². The number of ether oxygens (including phenoxy) is 1. The fourth-order valence-corrected chi connectivity index (χ4v) is 1.93. The molecule has 2 rings (SSSR count).